The number of carbonyl (C=O) groups is 2. The number of aromatic nitrogens is 1. The summed E-state index contributed by atoms with van der Waals surface area (Å²) in [5.74, 6) is -1.07. The third-order valence-electron chi connectivity index (χ3n) is 4.40. The molecular formula is C17H19N3O3S. The van der Waals surface area contributed by atoms with Crippen molar-refractivity contribution in [2.75, 3.05) is 0 Å². The molecule has 2 amide bonds. The summed E-state index contributed by atoms with van der Waals surface area (Å²) in [6.45, 7) is 1.87. The molecule has 0 aliphatic heterocycles. The Labute approximate surface area is 143 Å². The van der Waals surface area contributed by atoms with Gasteiger partial charge < -0.3 is 16.0 Å². The molecule has 2 aromatic heterocycles. The van der Waals surface area contributed by atoms with E-state index < -0.39 is 11.5 Å². The molecule has 24 heavy (non-hydrogen) atoms. The first-order chi connectivity index (χ1) is 11.5. The Kier molecular flexibility index (Phi) is 4.53. The molecule has 126 valence electrons. The van der Waals surface area contributed by atoms with Crippen LogP contribution >= 0.6 is 11.3 Å². The van der Waals surface area contributed by atoms with E-state index in [1.807, 2.05) is 24.4 Å². The van der Waals surface area contributed by atoms with Crippen LogP contribution in [-0.2, 0) is 11.2 Å². The van der Waals surface area contributed by atoms with Crippen LogP contribution in [0.15, 0.2) is 28.4 Å². The van der Waals surface area contributed by atoms with Crippen molar-refractivity contribution in [2.45, 2.75) is 38.1 Å². The molecule has 4 N–H and O–H groups in total. The van der Waals surface area contributed by atoms with Crippen LogP contribution in [0.4, 0.5) is 0 Å². The zero-order valence-corrected chi connectivity index (χ0v) is 14.1. The standard InChI is InChI=1S/C17H19N3O3S/c1-9(14-6-3-7-24-14)16(22)19-12-4-2-5-13-10(12)8-11(15(18)21)17(23)20-13/h3,6-9,12H,2,4-5H2,1H3,(H2,18,21)(H,19,22)(H,20,23)/t9-,12+/m1/s1. The van der Waals surface area contributed by atoms with Crippen LogP contribution in [0.3, 0.4) is 0 Å². The van der Waals surface area contributed by atoms with E-state index in [2.05, 4.69) is 10.3 Å². The van der Waals surface area contributed by atoms with E-state index in [-0.39, 0.29) is 23.4 Å². The van der Waals surface area contributed by atoms with Gasteiger partial charge in [0.2, 0.25) is 5.91 Å². The number of fused-ring (bicyclic) bond motifs is 1. The van der Waals surface area contributed by atoms with Crippen LogP contribution in [0.5, 0.6) is 0 Å². The molecule has 0 aromatic carbocycles. The van der Waals surface area contributed by atoms with Crippen LogP contribution < -0.4 is 16.6 Å². The maximum atomic E-state index is 12.5. The monoisotopic (exact) mass is 345 g/mol. The van der Waals surface area contributed by atoms with Crippen LogP contribution in [0.1, 0.15) is 58.2 Å². The summed E-state index contributed by atoms with van der Waals surface area (Å²) in [4.78, 5) is 39.6. The number of rotatable bonds is 4. The van der Waals surface area contributed by atoms with E-state index in [1.54, 1.807) is 11.3 Å². The Hall–Kier alpha value is -2.41. The highest BCUT2D eigenvalue weighted by Crippen LogP contribution is 2.29. The molecule has 2 heterocycles. The van der Waals surface area contributed by atoms with Gasteiger partial charge in [-0.3, -0.25) is 14.4 Å². The third kappa shape index (κ3) is 3.12. The SMILES string of the molecule is C[C@@H](C(=O)N[C@H]1CCCc2[nH]c(=O)c(C(N)=O)cc21)c1cccs1. The Balaban J connectivity index is 1.86. The summed E-state index contributed by atoms with van der Waals surface area (Å²) in [6, 6.07) is 5.16. The Morgan fingerprint density at radius 2 is 2.25 bits per heavy atom. The largest absolute Gasteiger partial charge is 0.365 e. The van der Waals surface area contributed by atoms with E-state index in [4.69, 9.17) is 5.73 Å². The number of aryl methyl sites for hydroxylation is 1. The number of primary amides is 1. The minimum atomic E-state index is -0.762. The second kappa shape index (κ2) is 6.60. The van der Waals surface area contributed by atoms with Gasteiger partial charge in [-0.1, -0.05) is 6.07 Å². The number of hydrogen-bond acceptors (Lipinski definition) is 4. The molecular weight excluding hydrogens is 326 g/mol. The van der Waals surface area contributed by atoms with Gasteiger partial charge in [-0.2, -0.15) is 0 Å². The average Bonchev–Trinajstić information content (AvgIpc) is 3.07. The number of nitrogens with one attached hydrogen (secondary N) is 2. The van der Waals surface area contributed by atoms with E-state index in [1.165, 1.54) is 6.07 Å². The van der Waals surface area contributed by atoms with Crippen molar-refractivity contribution >= 4 is 23.2 Å². The highest BCUT2D eigenvalue weighted by Gasteiger charge is 2.26. The summed E-state index contributed by atoms with van der Waals surface area (Å²) in [6.07, 6.45) is 2.34. The summed E-state index contributed by atoms with van der Waals surface area (Å²) < 4.78 is 0. The normalized spacial score (nSPS) is 17.8. The topological polar surface area (TPSA) is 105 Å². The molecule has 0 spiro atoms. The van der Waals surface area contributed by atoms with E-state index in [0.717, 1.165) is 35.4 Å². The molecule has 0 saturated carbocycles. The lowest BCUT2D eigenvalue weighted by molar-refractivity contribution is -0.123. The van der Waals surface area contributed by atoms with Crippen molar-refractivity contribution in [3.05, 3.63) is 55.6 Å². The van der Waals surface area contributed by atoms with Crippen LogP contribution in [-0.4, -0.2) is 16.8 Å². The Morgan fingerprint density at radius 3 is 2.92 bits per heavy atom. The van der Waals surface area contributed by atoms with Gasteiger partial charge in [0.15, 0.2) is 0 Å². The van der Waals surface area contributed by atoms with Gasteiger partial charge in [0.05, 0.1) is 12.0 Å². The minimum Gasteiger partial charge on any atom is -0.365 e. The highest BCUT2D eigenvalue weighted by molar-refractivity contribution is 7.10. The maximum Gasteiger partial charge on any atom is 0.261 e. The molecule has 0 unspecified atom stereocenters. The van der Waals surface area contributed by atoms with E-state index >= 15 is 0 Å². The number of aromatic amines is 1. The Morgan fingerprint density at radius 1 is 1.46 bits per heavy atom. The minimum absolute atomic E-state index is 0.0675. The smallest absolute Gasteiger partial charge is 0.261 e. The van der Waals surface area contributed by atoms with Gasteiger partial charge in [-0.15, -0.1) is 11.3 Å². The van der Waals surface area contributed by atoms with Gasteiger partial charge in [0, 0.05) is 10.6 Å². The van der Waals surface area contributed by atoms with Crippen molar-refractivity contribution in [3.8, 4) is 0 Å². The molecule has 0 saturated heterocycles. The van der Waals surface area contributed by atoms with Crippen molar-refractivity contribution < 1.29 is 9.59 Å². The fraction of sp³-hybridized carbons (Fsp3) is 0.353. The van der Waals surface area contributed by atoms with Crippen LogP contribution in [0, 0.1) is 0 Å². The van der Waals surface area contributed by atoms with Crippen LogP contribution in [0.2, 0.25) is 0 Å². The number of thiophene rings is 1. The quantitative estimate of drug-likeness (QED) is 0.787. The van der Waals surface area contributed by atoms with Crippen molar-refractivity contribution in [1.29, 1.82) is 0 Å². The van der Waals surface area contributed by atoms with Gasteiger partial charge in [0.25, 0.3) is 11.5 Å². The van der Waals surface area contributed by atoms with Crippen molar-refractivity contribution in [2.24, 2.45) is 5.73 Å². The number of hydrogen-bond donors (Lipinski definition) is 3. The van der Waals surface area contributed by atoms with Gasteiger partial charge in [-0.05, 0) is 49.3 Å². The summed E-state index contributed by atoms with van der Waals surface area (Å²) in [7, 11) is 0. The summed E-state index contributed by atoms with van der Waals surface area (Å²) in [5.41, 5.74) is 6.27. The predicted molar refractivity (Wildman–Crippen MR) is 92.1 cm³/mol. The third-order valence-corrected chi connectivity index (χ3v) is 5.45. The molecule has 3 rings (SSSR count). The molecule has 0 fully saturated rings. The number of pyridine rings is 1. The molecule has 7 heteroatoms. The molecule has 0 radical (unpaired) electrons. The fourth-order valence-electron chi connectivity index (χ4n) is 3.04. The van der Waals surface area contributed by atoms with Crippen molar-refractivity contribution in [3.63, 3.8) is 0 Å². The lowest BCUT2D eigenvalue weighted by atomic mass is 9.89. The number of carbonyl (C=O) groups excluding carboxylic acids is 2. The molecule has 1 aliphatic rings. The lowest BCUT2D eigenvalue weighted by Crippen LogP contribution is -2.35. The van der Waals surface area contributed by atoms with E-state index in [9.17, 15) is 14.4 Å². The summed E-state index contributed by atoms with van der Waals surface area (Å²) >= 11 is 1.55. The zero-order chi connectivity index (χ0) is 17.3. The molecule has 2 aromatic rings. The predicted octanol–water partition coefficient (Wildman–Crippen LogP) is 1.83. The molecule has 0 bridgehead atoms. The van der Waals surface area contributed by atoms with Crippen LogP contribution in [0.25, 0.3) is 0 Å². The van der Waals surface area contributed by atoms with Gasteiger partial charge in [0.1, 0.15) is 5.56 Å². The second-order valence-electron chi connectivity index (χ2n) is 6.00. The first kappa shape index (κ1) is 16.4. The maximum absolute atomic E-state index is 12.5. The second-order valence-corrected chi connectivity index (χ2v) is 6.98. The lowest BCUT2D eigenvalue weighted by Gasteiger charge is -2.27. The number of nitrogens with two attached hydrogens (primary N) is 1. The molecule has 6 nitrogen and oxygen atoms in total. The molecule has 1 aliphatic carbocycles. The zero-order valence-electron chi connectivity index (χ0n) is 13.3. The number of amides is 2. The summed E-state index contributed by atoms with van der Waals surface area (Å²) in [5, 5.41) is 4.99. The first-order valence-electron chi connectivity index (χ1n) is 7.87. The first-order valence-corrected chi connectivity index (χ1v) is 8.75. The van der Waals surface area contributed by atoms with Gasteiger partial charge in [-0.25, -0.2) is 0 Å². The van der Waals surface area contributed by atoms with E-state index in [0.29, 0.717) is 0 Å². The highest BCUT2D eigenvalue weighted by atomic mass is 32.1. The average molecular weight is 345 g/mol. The molecule has 2 atom stereocenters. The number of H-pyrrole nitrogens is 1. The fourth-order valence-corrected chi connectivity index (χ4v) is 3.82. The Bertz CT molecular complexity index is 826. The van der Waals surface area contributed by atoms with Crippen molar-refractivity contribution in [1.82, 2.24) is 10.3 Å². The van der Waals surface area contributed by atoms with Gasteiger partial charge >= 0.3 is 0 Å².